The summed E-state index contributed by atoms with van der Waals surface area (Å²) in [6.45, 7) is 3.79. The quantitative estimate of drug-likeness (QED) is 0.928. The van der Waals surface area contributed by atoms with Crippen LogP contribution in [0.1, 0.15) is 23.4 Å². The average Bonchev–Trinajstić information content (AvgIpc) is 2.38. The van der Waals surface area contributed by atoms with Gasteiger partial charge in [0.25, 0.3) is 0 Å². The Kier molecular flexibility index (Phi) is 4.49. The van der Waals surface area contributed by atoms with Crippen molar-refractivity contribution >= 4 is 21.9 Å². The first kappa shape index (κ1) is 14.7. The maximum absolute atomic E-state index is 10.7. The normalized spacial score (nSPS) is 10.6. The van der Waals surface area contributed by atoms with Crippen molar-refractivity contribution in [1.29, 1.82) is 0 Å². The van der Waals surface area contributed by atoms with Gasteiger partial charge in [0.1, 0.15) is 0 Å². The molecular weight excluding hydrogens is 320 g/mol. The molecule has 0 unspecified atom stereocenters. The fourth-order valence-electron chi connectivity index (χ4n) is 2.06. The summed E-state index contributed by atoms with van der Waals surface area (Å²) >= 11 is 3.40. The molecule has 1 aromatic carbocycles. The van der Waals surface area contributed by atoms with Gasteiger partial charge in [0.2, 0.25) is 0 Å². The van der Waals surface area contributed by atoms with Crippen molar-refractivity contribution in [1.82, 2.24) is 9.97 Å². The van der Waals surface area contributed by atoms with Crippen LogP contribution in [0.2, 0.25) is 0 Å². The molecule has 0 atom stereocenters. The van der Waals surface area contributed by atoms with Crippen molar-refractivity contribution in [2.75, 3.05) is 0 Å². The molecule has 0 aliphatic rings. The lowest BCUT2D eigenvalue weighted by atomic mass is 10.1. The van der Waals surface area contributed by atoms with E-state index >= 15 is 0 Å². The zero-order chi connectivity index (χ0) is 14.7. The molecule has 1 heterocycles. The highest BCUT2D eigenvalue weighted by atomic mass is 79.9. The Labute approximate surface area is 126 Å². The Morgan fingerprint density at radius 1 is 1.15 bits per heavy atom. The summed E-state index contributed by atoms with van der Waals surface area (Å²) in [6, 6.07) is 7.80. The number of aromatic nitrogens is 2. The Morgan fingerprint density at radius 3 is 2.20 bits per heavy atom. The van der Waals surface area contributed by atoms with Gasteiger partial charge in [-0.1, -0.05) is 28.1 Å². The number of rotatable bonds is 4. The number of aliphatic carboxylic acids is 1. The van der Waals surface area contributed by atoms with E-state index in [1.165, 1.54) is 0 Å². The highest BCUT2D eigenvalue weighted by Crippen LogP contribution is 2.21. The van der Waals surface area contributed by atoms with E-state index in [0.717, 1.165) is 27.0 Å². The summed E-state index contributed by atoms with van der Waals surface area (Å²) in [5.41, 5.74) is 3.56. The van der Waals surface area contributed by atoms with Crippen molar-refractivity contribution < 1.29 is 9.90 Å². The smallest absolute Gasteiger partial charge is 0.303 e. The zero-order valence-corrected chi connectivity index (χ0v) is 12.9. The van der Waals surface area contributed by atoms with Gasteiger partial charge in [-0.3, -0.25) is 4.79 Å². The molecule has 4 nitrogen and oxygen atoms in total. The van der Waals surface area contributed by atoms with E-state index in [1.54, 1.807) is 0 Å². The van der Waals surface area contributed by atoms with Crippen LogP contribution < -0.4 is 0 Å². The molecule has 0 fully saturated rings. The molecule has 1 N–H and O–H groups in total. The van der Waals surface area contributed by atoms with E-state index in [4.69, 9.17) is 5.11 Å². The predicted molar refractivity (Wildman–Crippen MR) is 80.6 cm³/mol. The van der Waals surface area contributed by atoms with Crippen molar-refractivity contribution in [3.8, 4) is 11.4 Å². The summed E-state index contributed by atoms with van der Waals surface area (Å²) in [6.07, 6.45) is 0.566. The van der Waals surface area contributed by atoms with E-state index in [0.29, 0.717) is 12.2 Å². The van der Waals surface area contributed by atoms with Gasteiger partial charge >= 0.3 is 5.97 Å². The molecule has 2 rings (SSSR count). The largest absolute Gasteiger partial charge is 0.481 e. The number of hydrogen-bond donors (Lipinski definition) is 1. The maximum atomic E-state index is 10.7. The minimum atomic E-state index is -0.805. The Morgan fingerprint density at radius 2 is 1.70 bits per heavy atom. The SMILES string of the molecule is Cc1nc(-c2ccc(Br)cc2)nc(C)c1CCC(=O)O. The molecule has 0 saturated heterocycles. The second-order valence-electron chi connectivity index (χ2n) is 4.60. The molecule has 1 aromatic heterocycles. The lowest BCUT2D eigenvalue weighted by molar-refractivity contribution is -0.136. The van der Waals surface area contributed by atoms with Crippen molar-refractivity contribution in [2.45, 2.75) is 26.7 Å². The fraction of sp³-hybridized carbons (Fsp3) is 0.267. The Bertz CT molecular complexity index is 616. The second-order valence-corrected chi connectivity index (χ2v) is 5.51. The van der Waals surface area contributed by atoms with Crippen molar-refractivity contribution in [3.05, 3.63) is 45.7 Å². The van der Waals surface area contributed by atoms with E-state index < -0.39 is 5.97 Å². The van der Waals surface area contributed by atoms with Crippen molar-refractivity contribution in [2.24, 2.45) is 0 Å². The lowest BCUT2D eigenvalue weighted by Gasteiger charge is -2.10. The molecule has 0 bridgehead atoms. The molecule has 0 radical (unpaired) electrons. The predicted octanol–water partition coefficient (Wildman–Crippen LogP) is 3.54. The number of benzene rings is 1. The van der Waals surface area contributed by atoms with E-state index in [9.17, 15) is 4.79 Å². The number of aryl methyl sites for hydroxylation is 2. The summed E-state index contributed by atoms with van der Waals surface area (Å²) in [5, 5.41) is 8.77. The number of carboxylic acid groups (broad SMARTS) is 1. The minimum Gasteiger partial charge on any atom is -0.481 e. The molecule has 0 aliphatic heterocycles. The molecule has 0 spiro atoms. The van der Waals surface area contributed by atoms with Gasteiger partial charge in [-0.05, 0) is 38.0 Å². The zero-order valence-electron chi connectivity index (χ0n) is 11.4. The first-order chi connectivity index (χ1) is 9.47. The van der Waals surface area contributed by atoms with Crippen molar-refractivity contribution in [3.63, 3.8) is 0 Å². The lowest BCUT2D eigenvalue weighted by Crippen LogP contribution is -2.05. The highest BCUT2D eigenvalue weighted by Gasteiger charge is 2.11. The molecule has 0 aliphatic carbocycles. The number of carbonyl (C=O) groups is 1. The van der Waals surface area contributed by atoms with Gasteiger partial charge in [0, 0.05) is 27.8 Å². The van der Waals surface area contributed by atoms with Crippen LogP contribution in [-0.2, 0) is 11.2 Å². The van der Waals surface area contributed by atoms with E-state index in [2.05, 4.69) is 25.9 Å². The molecule has 2 aromatic rings. The molecule has 20 heavy (non-hydrogen) atoms. The maximum Gasteiger partial charge on any atom is 0.303 e. The Balaban J connectivity index is 2.34. The van der Waals surface area contributed by atoms with E-state index in [1.807, 2.05) is 38.1 Å². The van der Waals surface area contributed by atoms with Crippen LogP contribution in [0.15, 0.2) is 28.7 Å². The van der Waals surface area contributed by atoms with Crippen LogP contribution in [0.4, 0.5) is 0 Å². The van der Waals surface area contributed by atoms with Gasteiger partial charge in [0.05, 0.1) is 0 Å². The highest BCUT2D eigenvalue weighted by molar-refractivity contribution is 9.10. The van der Waals surface area contributed by atoms with Gasteiger partial charge < -0.3 is 5.11 Å². The van der Waals surface area contributed by atoms with Gasteiger partial charge in [0.15, 0.2) is 5.82 Å². The fourth-order valence-corrected chi connectivity index (χ4v) is 2.33. The topological polar surface area (TPSA) is 63.1 Å². The Hall–Kier alpha value is -1.75. The standard InChI is InChI=1S/C15H15BrN2O2/c1-9-13(7-8-14(19)20)10(2)18-15(17-9)11-3-5-12(16)6-4-11/h3-6H,7-8H2,1-2H3,(H,19,20). The third-order valence-corrected chi connectivity index (χ3v) is 3.64. The monoisotopic (exact) mass is 334 g/mol. The van der Waals surface area contributed by atoms with Crippen LogP contribution in [0.25, 0.3) is 11.4 Å². The number of nitrogens with zero attached hydrogens (tertiary/aromatic N) is 2. The first-order valence-corrected chi connectivity index (χ1v) is 7.08. The third-order valence-electron chi connectivity index (χ3n) is 3.11. The first-order valence-electron chi connectivity index (χ1n) is 6.29. The molecule has 104 valence electrons. The molecule has 0 saturated carbocycles. The number of halogens is 1. The molecular formula is C15H15BrN2O2. The van der Waals surface area contributed by atoms with Gasteiger partial charge in [-0.25, -0.2) is 9.97 Å². The minimum absolute atomic E-state index is 0.0999. The summed E-state index contributed by atoms with van der Waals surface area (Å²) in [4.78, 5) is 19.7. The van der Waals surface area contributed by atoms with Crippen LogP contribution in [0.3, 0.4) is 0 Å². The van der Waals surface area contributed by atoms with E-state index in [-0.39, 0.29) is 6.42 Å². The summed E-state index contributed by atoms with van der Waals surface area (Å²) in [7, 11) is 0. The van der Waals surface area contributed by atoms with Crippen LogP contribution >= 0.6 is 15.9 Å². The van der Waals surface area contributed by atoms with Crippen LogP contribution in [0.5, 0.6) is 0 Å². The summed E-state index contributed by atoms with van der Waals surface area (Å²) in [5.74, 6) is -0.132. The second kappa shape index (κ2) is 6.13. The molecule has 0 amide bonds. The van der Waals surface area contributed by atoms with Gasteiger partial charge in [-0.2, -0.15) is 0 Å². The number of hydrogen-bond acceptors (Lipinski definition) is 3. The van der Waals surface area contributed by atoms with Crippen LogP contribution in [0, 0.1) is 13.8 Å². The average molecular weight is 335 g/mol. The molecule has 5 heteroatoms. The summed E-state index contributed by atoms with van der Waals surface area (Å²) < 4.78 is 1.01. The van der Waals surface area contributed by atoms with Crippen LogP contribution in [-0.4, -0.2) is 21.0 Å². The number of carboxylic acids is 1. The van der Waals surface area contributed by atoms with Gasteiger partial charge in [-0.15, -0.1) is 0 Å². The third kappa shape index (κ3) is 3.42.